The molecule has 0 bridgehead atoms. The number of nitrogen functional groups attached to an aromatic ring is 1. The zero-order valence-corrected chi connectivity index (χ0v) is 12.9. The molecule has 0 aliphatic heterocycles. The lowest BCUT2D eigenvalue weighted by molar-refractivity contribution is -0.142. The first-order chi connectivity index (χ1) is 11.3. The largest absolute Gasteiger partial charge is 0.480 e. The van der Waals surface area contributed by atoms with Gasteiger partial charge in [-0.25, -0.2) is 4.79 Å². The molecule has 126 valence electrons. The van der Waals surface area contributed by atoms with Crippen LogP contribution in [0.4, 0.5) is 5.69 Å². The van der Waals surface area contributed by atoms with E-state index < -0.39 is 23.8 Å². The summed E-state index contributed by atoms with van der Waals surface area (Å²) in [4.78, 5) is 38.2. The van der Waals surface area contributed by atoms with E-state index in [4.69, 9.17) is 16.6 Å². The van der Waals surface area contributed by atoms with E-state index in [0.717, 1.165) is 5.39 Å². The highest BCUT2D eigenvalue weighted by Crippen LogP contribution is 2.16. The second kappa shape index (κ2) is 7.40. The number of nitrogens with zero attached hydrogens (tertiary/aromatic N) is 1. The van der Waals surface area contributed by atoms with Crippen molar-refractivity contribution in [3.05, 3.63) is 36.0 Å². The van der Waals surface area contributed by atoms with E-state index in [1.54, 1.807) is 30.3 Å². The Bertz CT molecular complexity index is 791. The van der Waals surface area contributed by atoms with Crippen molar-refractivity contribution in [2.75, 3.05) is 5.73 Å². The third kappa shape index (κ3) is 4.67. The molecule has 2 rings (SSSR count). The Morgan fingerprint density at radius 2 is 1.96 bits per heavy atom. The van der Waals surface area contributed by atoms with Crippen LogP contribution in [0.3, 0.4) is 0 Å². The third-order valence-corrected chi connectivity index (χ3v) is 3.43. The molecule has 0 radical (unpaired) electrons. The van der Waals surface area contributed by atoms with Crippen LogP contribution in [0.25, 0.3) is 10.9 Å². The third-order valence-electron chi connectivity index (χ3n) is 3.43. The summed E-state index contributed by atoms with van der Waals surface area (Å²) in [5.41, 5.74) is 12.5. The van der Waals surface area contributed by atoms with E-state index in [-0.39, 0.29) is 19.3 Å². The standard InChI is InChI=1S/C16H18N4O4/c17-10-2-4-12-9(7-10)1-3-11(19-12)8-15(22)20-13(16(23)24)5-6-14(18)21/h1-4,7,13H,5-6,8,17H2,(H2,18,21)(H,20,22)(H,23,24). The number of hydrogen-bond acceptors (Lipinski definition) is 5. The number of nitrogens with two attached hydrogens (primary N) is 2. The van der Waals surface area contributed by atoms with Crippen LogP contribution < -0.4 is 16.8 Å². The zero-order valence-electron chi connectivity index (χ0n) is 12.9. The molecule has 1 heterocycles. The monoisotopic (exact) mass is 330 g/mol. The van der Waals surface area contributed by atoms with E-state index in [1.807, 2.05) is 0 Å². The molecule has 0 fully saturated rings. The second-order valence-electron chi connectivity index (χ2n) is 5.39. The minimum atomic E-state index is -1.22. The second-order valence-corrected chi connectivity index (χ2v) is 5.39. The summed E-state index contributed by atoms with van der Waals surface area (Å²) in [5, 5.41) is 12.3. The predicted molar refractivity (Wildman–Crippen MR) is 87.9 cm³/mol. The SMILES string of the molecule is NC(=O)CCC(NC(=O)Cc1ccc2cc(N)ccc2n1)C(=O)O. The maximum absolute atomic E-state index is 12.0. The van der Waals surface area contributed by atoms with Gasteiger partial charge in [-0.2, -0.15) is 0 Å². The van der Waals surface area contributed by atoms with Crippen LogP contribution in [0.2, 0.25) is 0 Å². The first-order valence-electron chi connectivity index (χ1n) is 7.31. The number of carboxylic acids is 1. The summed E-state index contributed by atoms with van der Waals surface area (Å²) in [7, 11) is 0. The summed E-state index contributed by atoms with van der Waals surface area (Å²) >= 11 is 0. The average Bonchev–Trinajstić information content (AvgIpc) is 2.51. The number of aliphatic carboxylic acids is 1. The van der Waals surface area contributed by atoms with Gasteiger partial charge in [0.15, 0.2) is 0 Å². The number of fused-ring (bicyclic) bond motifs is 1. The summed E-state index contributed by atoms with van der Waals surface area (Å²) in [6, 6.07) is 7.55. The van der Waals surface area contributed by atoms with Crippen molar-refractivity contribution in [1.82, 2.24) is 10.3 Å². The van der Waals surface area contributed by atoms with Crippen LogP contribution in [0, 0.1) is 0 Å². The van der Waals surface area contributed by atoms with Gasteiger partial charge in [0.25, 0.3) is 0 Å². The molecule has 1 aromatic heterocycles. The topological polar surface area (TPSA) is 148 Å². The molecule has 0 saturated carbocycles. The van der Waals surface area contributed by atoms with Gasteiger partial charge in [-0.05, 0) is 30.7 Å². The smallest absolute Gasteiger partial charge is 0.326 e. The fourth-order valence-corrected chi connectivity index (χ4v) is 2.24. The van der Waals surface area contributed by atoms with Gasteiger partial charge in [0.05, 0.1) is 17.6 Å². The first-order valence-corrected chi connectivity index (χ1v) is 7.31. The lowest BCUT2D eigenvalue weighted by atomic mass is 10.1. The van der Waals surface area contributed by atoms with Crippen molar-refractivity contribution in [2.45, 2.75) is 25.3 Å². The van der Waals surface area contributed by atoms with Crippen molar-refractivity contribution >= 4 is 34.4 Å². The van der Waals surface area contributed by atoms with Crippen LogP contribution in [-0.4, -0.2) is 33.9 Å². The van der Waals surface area contributed by atoms with Gasteiger partial charge in [0.1, 0.15) is 6.04 Å². The van der Waals surface area contributed by atoms with E-state index >= 15 is 0 Å². The van der Waals surface area contributed by atoms with E-state index in [1.165, 1.54) is 0 Å². The van der Waals surface area contributed by atoms with E-state index in [2.05, 4.69) is 10.3 Å². The molecule has 0 aliphatic rings. The molecule has 1 unspecified atom stereocenters. The van der Waals surface area contributed by atoms with E-state index in [0.29, 0.717) is 16.9 Å². The molecule has 2 amide bonds. The zero-order chi connectivity index (χ0) is 17.7. The molecule has 6 N–H and O–H groups in total. The Morgan fingerprint density at radius 3 is 2.62 bits per heavy atom. The van der Waals surface area contributed by atoms with Crippen LogP contribution in [-0.2, 0) is 20.8 Å². The number of primary amides is 1. The van der Waals surface area contributed by atoms with E-state index in [9.17, 15) is 14.4 Å². The summed E-state index contributed by atoms with van der Waals surface area (Å²) in [6.07, 6.45) is -0.242. The molecule has 2 aromatic rings. The molecule has 1 aromatic carbocycles. The molecule has 1 atom stereocenters. The normalized spacial score (nSPS) is 11.8. The van der Waals surface area contributed by atoms with Gasteiger partial charge >= 0.3 is 5.97 Å². The van der Waals surface area contributed by atoms with Gasteiger partial charge in [-0.1, -0.05) is 6.07 Å². The Labute approximate surface area is 137 Å². The molecular weight excluding hydrogens is 312 g/mol. The maximum Gasteiger partial charge on any atom is 0.326 e. The number of rotatable bonds is 7. The van der Waals surface area contributed by atoms with Crippen LogP contribution in [0.5, 0.6) is 0 Å². The molecule has 0 saturated heterocycles. The number of aromatic nitrogens is 1. The van der Waals surface area contributed by atoms with Crippen molar-refractivity contribution in [3.8, 4) is 0 Å². The lowest BCUT2D eigenvalue weighted by Gasteiger charge is -2.13. The number of anilines is 1. The fraction of sp³-hybridized carbons (Fsp3) is 0.250. The highest BCUT2D eigenvalue weighted by Gasteiger charge is 2.20. The lowest BCUT2D eigenvalue weighted by Crippen LogP contribution is -2.42. The molecule has 8 heteroatoms. The maximum atomic E-state index is 12.0. The number of amides is 2. The quantitative estimate of drug-likeness (QED) is 0.533. The minimum Gasteiger partial charge on any atom is -0.480 e. The Kier molecular flexibility index (Phi) is 5.31. The molecule has 24 heavy (non-hydrogen) atoms. The van der Waals surface area contributed by atoms with Crippen LogP contribution in [0.1, 0.15) is 18.5 Å². The van der Waals surface area contributed by atoms with Crippen molar-refractivity contribution in [3.63, 3.8) is 0 Å². The number of carboxylic acid groups (broad SMARTS) is 1. The molecular formula is C16H18N4O4. The summed E-state index contributed by atoms with van der Waals surface area (Å²) in [6.45, 7) is 0. The summed E-state index contributed by atoms with van der Waals surface area (Å²) < 4.78 is 0. The first kappa shape index (κ1) is 17.2. The Morgan fingerprint density at radius 1 is 1.21 bits per heavy atom. The molecule has 0 spiro atoms. The number of hydrogen-bond donors (Lipinski definition) is 4. The highest BCUT2D eigenvalue weighted by molar-refractivity contribution is 5.86. The van der Waals surface area contributed by atoms with Gasteiger partial charge in [0.2, 0.25) is 11.8 Å². The van der Waals surface area contributed by atoms with Crippen LogP contribution >= 0.6 is 0 Å². The van der Waals surface area contributed by atoms with Gasteiger partial charge in [-0.15, -0.1) is 0 Å². The van der Waals surface area contributed by atoms with Gasteiger partial charge in [-0.3, -0.25) is 14.6 Å². The minimum absolute atomic E-state index is 0.0547. The molecule has 8 nitrogen and oxygen atoms in total. The highest BCUT2D eigenvalue weighted by atomic mass is 16.4. The number of carbonyl (C=O) groups is 3. The average molecular weight is 330 g/mol. The van der Waals surface area contributed by atoms with Gasteiger partial charge in [0, 0.05) is 17.5 Å². The van der Waals surface area contributed by atoms with Crippen molar-refractivity contribution in [1.29, 1.82) is 0 Å². The summed E-state index contributed by atoms with van der Waals surface area (Å²) in [5.74, 6) is -2.33. The Hall–Kier alpha value is -3.16. The van der Waals surface area contributed by atoms with Crippen molar-refractivity contribution in [2.24, 2.45) is 5.73 Å². The number of nitrogens with one attached hydrogen (secondary N) is 1. The van der Waals surface area contributed by atoms with Gasteiger partial charge < -0.3 is 21.9 Å². The Balaban J connectivity index is 2.03. The predicted octanol–water partition coefficient (Wildman–Crippen LogP) is 0.194. The number of benzene rings is 1. The number of carbonyl (C=O) groups excluding carboxylic acids is 2. The van der Waals surface area contributed by atoms with Crippen LogP contribution in [0.15, 0.2) is 30.3 Å². The van der Waals surface area contributed by atoms with Crippen molar-refractivity contribution < 1.29 is 19.5 Å². The number of pyridine rings is 1. The molecule has 0 aliphatic carbocycles. The fourth-order valence-electron chi connectivity index (χ4n) is 2.24.